The molecule has 5 N–H and O–H groups in total. The highest BCUT2D eigenvalue weighted by molar-refractivity contribution is 6.12. The molecule has 2 aromatic carbocycles. The van der Waals surface area contributed by atoms with Gasteiger partial charge in [-0.3, -0.25) is 9.59 Å². The predicted octanol–water partition coefficient (Wildman–Crippen LogP) is 1.45. The second kappa shape index (κ2) is 6.19. The molecule has 0 saturated heterocycles. The van der Waals surface area contributed by atoms with Crippen molar-refractivity contribution in [3.63, 3.8) is 0 Å². The molecule has 0 aliphatic rings. The maximum Gasteiger partial charge on any atom is 0.320 e. The number of rotatable bonds is 5. The first-order chi connectivity index (χ1) is 10.0. The predicted molar refractivity (Wildman–Crippen MR) is 80.0 cm³/mol. The van der Waals surface area contributed by atoms with Crippen LogP contribution in [0.3, 0.4) is 0 Å². The van der Waals surface area contributed by atoms with E-state index in [4.69, 9.17) is 16.6 Å². The number of benzene rings is 2. The van der Waals surface area contributed by atoms with Crippen LogP contribution in [0.4, 0.5) is 5.69 Å². The smallest absolute Gasteiger partial charge is 0.320 e. The summed E-state index contributed by atoms with van der Waals surface area (Å²) in [5.41, 5.74) is 13.2. The number of carbonyl (C=O) groups is 2. The standard InChI is InChI=1S/C16H16N2O3/c17-13-8-4-3-7-12(13)15(19)11-6-2-1-5-10(11)9-14(18)16(20)21/h1-8,14H,9,17-18H2,(H,20,21). The summed E-state index contributed by atoms with van der Waals surface area (Å²) in [5, 5.41) is 8.90. The van der Waals surface area contributed by atoms with Gasteiger partial charge >= 0.3 is 5.97 Å². The van der Waals surface area contributed by atoms with Crippen LogP contribution in [0, 0.1) is 0 Å². The fourth-order valence-electron chi connectivity index (χ4n) is 2.09. The third-order valence-corrected chi connectivity index (χ3v) is 3.22. The van der Waals surface area contributed by atoms with Crippen molar-refractivity contribution in [2.45, 2.75) is 12.5 Å². The molecule has 0 radical (unpaired) electrons. The fourth-order valence-corrected chi connectivity index (χ4v) is 2.09. The summed E-state index contributed by atoms with van der Waals surface area (Å²) in [6.07, 6.45) is 0.0873. The Bertz CT molecular complexity index is 683. The van der Waals surface area contributed by atoms with E-state index in [0.29, 0.717) is 22.4 Å². The summed E-state index contributed by atoms with van der Waals surface area (Å²) >= 11 is 0. The monoisotopic (exact) mass is 284 g/mol. The fraction of sp³-hybridized carbons (Fsp3) is 0.125. The van der Waals surface area contributed by atoms with Crippen LogP contribution in [0.2, 0.25) is 0 Å². The van der Waals surface area contributed by atoms with Crippen molar-refractivity contribution in [3.05, 3.63) is 65.2 Å². The first-order valence-electron chi connectivity index (χ1n) is 6.46. The Morgan fingerprint density at radius 1 is 1.00 bits per heavy atom. The number of ketones is 1. The van der Waals surface area contributed by atoms with Crippen molar-refractivity contribution in [3.8, 4) is 0 Å². The Hall–Kier alpha value is -2.66. The van der Waals surface area contributed by atoms with Crippen LogP contribution in [0.15, 0.2) is 48.5 Å². The van der Waals surface area contributed by atoms with E-state index in [1.54, 1.807) is 48.5 Å². The van der Waals surface area contributed by atoms with Crippen LogP contribution in [0.1, 0.15) is 21.5 Å². The topological polar surface area (TPSA) is 106 Å². The summed E-state index contributed by atoms with van der Waals surface area (Å²) < 4.78 is 0. The number of carbonyl (C=O) groups excluding carboxylic acids is 1. The first kappa shape index (κ1) is 14.7. The molecule has 108 valence electrons. The number of nitrogen functional groups attached to an aromatic ring is 1. The van der Waals surface area contributed by atoms with E-state index in [0.717, 1.165) is 0 Å². The molecular weight excluding hydrogens is 268 g/mol. The van der Waals surface area contributed by atoms with Gasteiger partial charge in [0.15, 0.2) is 5.78 Å². The number of carboxylic acids is 1. The molecule has 0 amide bonds. The molecule has 0 aliphatic carbocycles. The lowest BCUT2D eigenvalue weighted by Gasteiger charge is -2.12. The summed E-state index contributed by atoms with van der Waals surface area (Å²) in [6, 6.07) is 12.6. The van der Waals surface area contributed by atoms with Crippen molar-refractivity contribution < 1.29 is 14.7 Å². The molecule has 2 rings (SSSR count). The minimum atomic E-state index is -1.10. The van der Waals surface area contributed by atoms with Crippen molar-refractivity contribution in [2.75, 3.05) is 5.73 Å². The van der Waals surface area contributed by atoms with Crippen molar-refractivity contribution in [1.29, 1.82) is 0 Å². The molecule has 0 aliphatic heterocycles. The number of hydrogen-bond donors (Lipinski definition) is 3. The van der Waals surface area contributed by atoms with E-state index >= 15 is 0 Å². The Morgan fingerprint density at radius 2 is 1.57 bits per heavy atom. The third kappa shape index (κ3) is 3.27. The molecule has 2 aromatic rings. The largest absolute Gasteiger partial charge is 0.480 e. The highest BCUT2D eigenvalue weighted by Gasteiger charge is 2.19. The van der Waals surface area contributed by atoms with Gasteiger partial charge < -0.3 is 16.6 Å². The maximum absolute atomic E-state index is 12.6. The maximum atomic E-state index is 12.6. The van der Waals surface area contributed by atoms with Crippen LogP contribution < -0.4 is 11.5 Å². The Labute approximate surface area is 122 Å². The van der Waals surface area contributed by atoms with Gasteiger partial charge in [0, 0.05) is 16.8 Å². The highest BCUT2D eigenvalue weighted by atomic mass is 16.4. The minimum absolute atomic E-state index is 0.0873. The van der Waals surface area contributed by atoms with Crippen LogP contribution in [0.25, 0.3) is 0 Å². The number of hydrogen-bond acceptors (Lipinski definition) is 4. The zero-order chi connectivity index (χ0) is 15.4. The zero-order valence-electron chi connectivity index (χ0n) is 11.3. The molecule has 0 spiro atoms. The molecule has 0 saturated carbocycles. The van der Waals surface area contributed by atoms with Crippen molar-refractivity contribution >= 4 is 17.4 Å². The van der Waals surface area contributed by atoms with E-state index in [2.05, 4.69) is 0 Å². The van der Waals surface area contributed by atoms with Crippen molar-refractivity contribution in [2.24, 2.45) is 5.73 Å². The molecule has 0 fully saturated rings. The first-order valence-corrected chi connectivity index (χ1v) is 6.46. The Balaban J connectivity index is 2.38. The average Bonchev–Trinajstić information content (AvgIpc) is 2.47. The van der Waals surface area contributed by atoms with E-state index in [9.17, 15) is 9.59 Å². The number of carboxylic acid groups (broad SMARTS) is 1. The molecule has 5 nitrogen and oxygen atoms in total. The van der Waals surface area contributed by atoms with Crippen LogP contribution in [-0.2, 0) is 11.2 Å². The molecule has 1 unspecified atom stereocenters. The summed E-state index contributed by atoms with van der Waals surface area (Å²) in [5.74, 6) is -1.34. The highest BCUT2D eigenvalue weighted by Crippen LogP contribution is 2.20. The van der Waals surface area contributed by atoms with Crippen LogP contribution in [0.5, 0.6) is 0 Å². The average molecular weight is 284 g/mol. The van der Waals surface area contributed by atoms with Gasteiger partial charge in [-0.25, -0.2) is 0 Å². The van der Waals surface area contributed by atoms with Gasteiger partial charge in [0.1, 0.15) is 6.04 Å². The number of nitrogens with two attached hydrogens (primary N) is 2. The lowest BCUT2D eigenvalue weighted by molar-refractivity contribution is -0.138. The van der Waals surface area contributed by atoms with E-state index in [1.165, 1.54) is 0 Å². The Kier molecular flexibility index (Phi) is 4.35. The normalized spacial score (nSPS) is 11.9. The molecule has 5 heteroatoms. The molecule has 21 heavy (non-hydrogen) atoms. The summed E-state index contributed by atoms with van der Waals surface area (Å²) in [4.78, 5) is 23.5. The Morgan fingerprint density at radius 3 is 2.19 bits per heavy atom. The molecule has 0 heterocycles. The van der Waals surface area contributed by atoms with Gasteiger partial charge in [-0.1, -0.05) is 36.4 Å². The lowest BCUT2D eigenvalue weighted by atomic mass is 9.94. The van der Waals surface area contributed by atoms with Crippen molar-refractivity contribution in [1.82, 2.24) is 0 Å². The number of aliphatic carboxylic acids is 1. The van der Waals surface area contributed by atoms with Gasteiger partial charge in [0.05, 0.1) is 0 Å². The number of anilines is 1. The van der Waals surface area contributed by atoms with Crippen LogP contribution in [-0.4, -0.2) is 22.9 Å². The van der Waals surface area contributed by atoms with Crippen LogP contribution >= 0.6 is 0 Å². The SMILES string of the molecule is Nc1ccccc1C(=O)c1ccccc1CC(N)C(=O)O. The van der Waals surface area contributed by atoms with E-state index < -0.39 is 12.0 Å². The minimum Gasteiger partial charge on any atom is -0.480 e. The van der Waals surface area contributed by atoms with E-state index in [-0.39, 0.29) is 12.2 Å². The zero-order valence-corrected chi connectivity index (χ0v) is 11.3. The molecule has 1 atom stereocenters. The molecular formula is C16H16N2O3. The van der Waals surface area contributed by atoms with Gasteiger partial charge in [-0.05, 0) is 24.1 Å². The molecule has 0 aromatic heterocycles. The second-order valence-electron chi connectivity index (χ2n) is 4.72. The summed E-state index contributed by atoms with van der Waals surface area (Å²) in [7, 11) is 0. The third-order valence-electron chi connectivity index (χ3n) is 3.22. The van der Waals surface area contributed by atoms with Gasteiger partial charge in [-0.15, -0.1) is 0 Å². The summed E-state index contributed by atoms with van der Waals surface area (Å²) in [6.45, 7) is 0. The van der Waals surface area contributed by atoms with Gasteiger partial charge in [0.25, 0.3) is 0 Å². The van der Waals surface area contributed by atoms with E-state index in [1.807, 2.05) is 0 Å². The molecule has 0 bridgehead atoms. The van der Waals surface area contributed by atoms with Gasteiger partial charge in [-0.2, -0.15) is 0 Å². The quantitative estimate of drug-likeness (QED) is 0.569. The number of para-hydroxylation sites is 1. The lowest BCUT2D eigenvalue weighted by Crippen LogP contribution is -2.32. The second-order valence-corrected chi connectivity index (χ2v) is 4.72. The van der Waals surface area contributed by atoms with Gasteiger partial charge in [0.2, 0.25) is 0 Å².